The summed E-state index contributed by atoms with van der Waals surface area (Å²) in [6, 6.07) is 0. The van der Waals surface area contributed by atoms with Gasteiger partial charge in [-0.15, -0.1) is 0 Å². The smallest absolute Gasteiger partial charge is 0.212 e. The summed E-state index contributed by atoms with van der Waals surface area (Å²) < 4.78 is 120. The molecule has 0 aromatic carbocycles. The van der Waals surface area contributed by atoms with E-state index in [0.717, 1.165) is 13.8 Å². The largest absolute Gasteiger partial charge is 0.399 e. The van der Waals surface area contributed by atoms with Gasteiger partial charge in [0.2, 0.25) is 9.05 Å². The molecule has 0 N–H and O–H groups in total. The third-order valence-electron chi connectivity index (χ3n) is 4.88. The van der Waals surface area contributed by atoms with Gasteiger partial charge in [0.05, 0.1) is 11.2 Å². The summed E-state index contributed by atoms with van der Waals surface area (Å²) in [7, 11) is 0.778. The molecule has 0 aliphatic carbocycles. The fourth-order valence-electron chi connectivity index (χ4n) is 2.54. The second-order valence-electron chi connectivity index (χ2n) is 7.77. The second-order valence-corrected chi connectivity index (χ2v) is 10.7. The molecule has 25 heavy (non-hydrogen) atoms. The van der Waals surface area contributed by atoms with Crippen LogP contribution in [0, 0.1) is 16.2 Å². The van der Waals surface area contributed by atoms with Crippen molar-refractivity contribution in [1.82, 2.24) is 0 Å². The molecule has 0 rings (SSSR count). The topological polar surface area (TPSA) is 34.1 Å². The summed E-state index contributed by atoms with van der Waals surface area (Å²) >= 11 is 0. The van der Waals surface area contributed by atoms with Crippen LogP contribution in [0.5, 0.6) is 0 Å². The van der Waals surface area contributed by atoms with Gasteiger partial charge in [0.25, 0.3) is 11.8 Å². The predicted molar refractivity (Wildman–Crippen MR) is 81.5 cm³/mol. The molecule has 11 heteroatoms. The van der Waals surface area contributed by atoms with E-state index in [9.17, 15) is 39.2 Å². The first-order valence-corrected chi connectivity index (χ1v) is 9.68. The first kappa shape index (κ1) is 24.8. The first-order valence-electron chi connectivity index (χ1n) is 7.20. The van der Waals surface area contributed by atoms with Crippen molar-refractivity contribution >= 4 is 19.7 Å². The van der Waals surface area contributed by atoms with E-state index < -0.39 is 55.5 Å². The molecule has 2 nitrogen and oxygen atoms in total. The molecule has 0 heterocycles. The minimum Gasteiger partial charge on any atom is -0.212 e. The van der Waals surface area contributed by atoms with Crippen LogP contribution in [0.3, 0.4) is 0 Å². The number of hydrogen-bond donors (Lipinski definition) is 0. The van der Waals surface area contributed by atoms with Crippen molar-refractivity contribution in [3.8, 4) is 0 Å². The maximum Gasteiger partial charge on any atom is 0.399 e. The van der Waals surface area contributed by atoms with E-state index in [2.05, 4.69) is 0 Å². The molecule has 0 saturated carbocycles. The number of alkyl halides is 7. The van der Waals surface area contributed by atoms with E-state index >= 15 is 0 Å². The molecule has 0 atom stereocenters. The van der Waals surface area contributed by atoms with Gasteiger partial charge in [-0.2, -0.15) is 13.2 Å². The van der Waals surface area contributed by atoms with Gasteiger partial charge in [-0.05, 0) is 34.1 Å². The van der Waals surface area contributed by atoms with Crippen LogP contribution < -0.4 is 0 Å². The Labute approximate surface area is 147 Å². The van der Waals surface area contributed by atoms with E-state index in [4.69, 9.17) is 10.7 Å². The zero-order valence-corrected chi connectivity index (χ0v) is 16.2. The lowest BCUT2D eigenvalue weighted by molar-refractivity contribution is -0.354. The number of halogens is 8. The van der Waals surface area contributed by atoms with Gasteiger partial charge in [0, 0.05) is 16.1 Å². The molecule has 0 amide bonds. The Morgan fingerprint density at radius 3 is 1.36 bits per heavy atom. The van der Waals surface area contributed by atoms with E-state index in [0.29, 0.717) is 13.8 Å². The molecule has 0 aliphatic heterocycles. The summed E-state index contributed by atoms with van der Waals surface area (Å²) in [6.07, 6.45) is -6.24. The molecule has 0 aliphatic rings. The molecular weight excluding hydrogens is 401 g/mol. The lowest BCUT2D eigenvalue weighted by Crippen LogP contribution is -2.64. The zero-order valence-electron chi connectivity index (χ0n) is 14.7. The molecule has 0 spiro atoms. The average Bonchev–Trinajstić information content (AvgIpc) is 2.33. The van der Waals surface area contributed by atoms with E-state index in [1.807, 2.05) is 0 Å². The van der Waals surface area contributed by atoms with Crippen LogP contribution in [0.15, 0.2) is 0 Å². The fraction of sp³-hybridized carbons (Fsp3) is 1.00. The van der Waals surface area contributed by atoms with Crippen molar-refractivity contribution < 1.29 is 39.2 Å². The average molecular weight is 423 g/mol. The van der Waals surface area contributed by atoms with Gasteiger partial charge in [-0.25, -0.2) is 26.0 Å². The van der Waals surface area contributed by atoms with E-state index in [-0.39, 0.29) is 13.8 Å². The second kappa shape index (κ2) is 6.42. The Morgan fingerprint density at radius 2 is 1.08 bits per heavy atom. The Balaban J connectivity index is 6.11. The van der Waals surface area contributed by atoms with Crippen LogP contribution in [-0.4, -0.2) is 32.2 Å². The van der Waals surface area contributed by atoms with Crippen LogP contribution in [0.1, 0.15) is 48.0 Å². The monoisotopic (exact) mass is 422 g/mol. The summed E-state index contributed by atoms with van der Waals surface area (Å²) in [5.74, 6) is -10.1. The summed E-state index contributed by atoms with van der Waals surface area (Å²) in [4.78, 5) is 0. The van der Waals surface area contributed by atoms with Gasteiger partial charge in [-0.3, -0.25) is 0 Å². The van der Waals surface area contributed by atoms with Gasteiger partial charge < -0.3 is 0 Å². The third-order valence-corrected chi connectivity index (χ3v) is 6.04. The summed E-state index contributed by atoms with van der Waals surface area (Å²) in [5, 5.41) is 0. The highest BCUT2D eigenvalue weighted by atomic mass is 35.7. The highest BCUT2D eigenvalue weighted by Crippen LogP contribution is 2.64. The van der Waals surface area contributed by atoms with Crippen LogP contribution in [0.2, 0.25) is 0 Å². The molecule has 0 aromatic rings. The predicted octanol–water partition coefficient (Wildman–Crippen LogP) is 5.86. The molecule has 0 fully saturated rings. The quantitative estimate of drug-likeness (QED) is 0.380. The van der Waals surface area contributed by atoms with Crippen molar-refractivity contribution in [2.45, 2.75) is 66.0 Å². The lowest BCUT2D eigenvalue weighted by Gasteiger charge is -2.52. The minimum absolute atomic E-state index is 0.154. The van der Waals surface area contributed by atoms with Crippen LogP contribution in [0.25, 0.3) is 0 Å². The normalized spacial score (nSPS) is 16.2. The van der Waals surface area contributed by atoms with Gasteiger partial charge >= 0.3 is 6.18 Å². The minimum atomic E-state index is -5.44. The molecule has 0 saturated heterocycles. The molecule has 0 unspecified atom stereocenters. The van der Waals surface area contributed by atoms with Gasteiger partial charge in [-0.1, -0.05) is 13.8 Å². The third kappa shape index (κ3) is 4.20. The van der Waals surface area contributed by atoms with Crippen molar-refractivity contribution in [3.05, 3.63) is 0 Å². The Morgan fingerprint density at radius 1 is 0.720 bits per heavy atom. The molecule has 0 radical (unpaired) electrons. The van der Waals surface area contributed by atoms with Crippen molar-refractivity contribution in [2.24, 2.45) is 16.2 Å². The van der Waals surface area contributed by atoms with Crippen molar-refractivity contribution in [2.75, 3.05) is 5.75 Å². The lowest BCUT2D eigenvalue weighted by atomic mass is 9.61. The number of rotatable bonds is 7. The maximum atomic E-state index is 14.9. The van der Waals surface area contributed by atoms with Crippen molar-refractivity contribution in [3.63, 3.8) is 0 Å². The SMILES string of the molecule is CC(C)(CCS(=O)(=O)Cl)C(F)(F)C(C)(C)C(F)(F)C(C)(C)C(F)(F)F. The molecule has 152 valence electrons. The van der Waals surface area contributed by atoms with Crippen LogP contribution in [-0.2, 0) is 9.05 Å². The van der Waals surface area contributed by atoms with Crippen molar-refractivity contribution in [1.29, 1.82) is 0 Å². The Bertz CT molecular complexity index is 593. The van der Waals surface area contributed by atoms with E-state index in [1.54, 1.807) is 0 Å². The summed E-state index contributed by atoms with van der Waals surface area (Å²) in [5.41, 5.74) is -9.52. The van der Waals surface area contributed by atoms with E-state index in [1.165, 1.54) is 0 Å². The molecular formula is C14H22ClF7O2S. The number of hydrogen-bond acceptors (Lipinski definition) is 2. The molecule has 0 bridgehead atoms. The Kier molecular flexibility index (Phi) is 6.36. The standard InChI is InChI=1S/C14H22ClF7O2S/c1-9(2,7-8-25(15,23)24)12(16,17)10(3,4)13(18,19)11(5,6)14(20,21)22/h7-8H2,1-6H3. The first-order chi connectivity index (χ1) is 10.5. The maximum absolute atomic E-state index is 14.9. The van der Waals surface area contributed by atoms with Crippen LogP contribution in [0.4, 0.5) is 30.7 Å². The summed E-state index contributed by atoms with van der Waals surface area (Å²) in [6.45, 7) is 2.62. The highest BCUT2D eigenvalue weighted by molar-refractivity contribution is 8.13. The highest BCUT2D eigenvalue weighted by Gasteiger charge is 2.76. The Hall–Kier alpha value is -0.250. The van der Waals surface area contributed by atoms with Crippen LogP contribution >= 0.6 is 10.7 Å². The zero-order chi connectivity index (χ0) is 20.9. The fourth-order valence-corrected chi connectivity index (χ4v) is 3.52. The van der Waals surface area contributed by atoms with Gasteiger partial charge in [0.15, 0.2) is 0 Å². The molecule has 0 aromatic heterocycles. The van der Waals surface area contributed by atoms with Gasteiger partial charge in [0.1, 0.15) is 5.41 Å².